The van der Waals surface area contributed by atoms with E-state index in [1.165, 1.54) is 19.5 Å². The lowest BCUT2D eigenvalue weighted by Crippen LogP contribution is -2.44. The summed E-state index contributed by atoms with van der Waals surface area (Å²) in [5, 5.41) is 9.41. The lowest BCUT2D eigenvalue weighted by Gasteiger charge is -2.40. The molecular weight excluding hydrogens is 186 g/mol. The quantitative estimate of drug-likeness (QED) is 0.775. The number of hydrogen-bond acceptors (Lipinski definition) is 2. The van der Waals surface area contributed by atoms with Crippen LogP contribution in [0.1, 0.15) is 40.5 Å². The molecule has 0 spiro atoms. The van der Waals surface area contributed by atoms with Crippen molar-refractivity contribution in [3.05, 3.63) is 0 Å². The van der Waals surface area contributed by atoms with Crippen molar-refractivity contribution < 1.29 is 5.11 Å². The highest BCUT2D eigenvalue weighted by Gasteiger charge is 2.29. The van der Waals surface area contributed by atoms with Crippen molar-refractivity contribution in [3.63, 3.8) is 0 Å². The first-order chi connectivity index (χ1) is 7.00. The summed E-state index contributed by atoms with van der Waals surface area (Å²) >= 11 is 0. The molecular formula is C13H27NO. The number of likely N-dealkylation sites (tertiary alicyclic amines) is 1. The number of piperidine rings is 1. The molecule has 0 aromatic carbocycles. The monoisotopic (exact) mass is 213 g/mol. The van der Waals surface area contributed by atoms with Gasteiger partial charge in [0.15, 0.2) is 0 Å². The zero-order valence-electron chi connectivity index (χ0n) is 10.8. The van der Waals surface area contributed by atoms with E-state index in [2.05, 4.69) is 32.6 Å². The van der Waals surface area contributed by atoms with Crippen molar-refractivity contribution in [3.8, 4) is 0 Å². The van der Waals surface area contributed by atoms with E-state index in [1.54, 1.807) is 0 Å². The standard InChI is InChI=1S/C13H27NO/c1-5-13(4,10-15)9-14-7-6-11(2)12(3)8-14/h11-12,15H,5-10H2,1-4H3. The average molecular weight is 213 g/mol. The van der Waals surface area contributed by atoms with Gasteiger partial charge in [0.25, 0.3) is 0 Å². The number of aliphatic hydroxyl groups excluding tert-OH is 1. The van der Waals surface area contributed by atoms with E-state index in [1.807, 2.05) is 0 Å². The summed E-state index contributed by atoms with van der Waals surface area (Å²) in [5.74, 6) is 1.67. The smallest absolute Gasteiger partial charge is 0.0496 e. The van der Waals surface area contributed by atoms with Crippen LogP contribution >= 0.6 is 0 Å². The Hall–Kier alpha value is -0.0800. The summed E-state index contributed by atoms with van der Waals surface area (Å²) in [6.45, 7) is 12.8. The molecule has 3 unspecified atom stereocenters. The van der Waals surface area contributed by atoms with Crippen molar-refractivity contribution in [2.75, 3.05) is 26.2 Å². The predicted molar refractivity (Wildman–Crippen MR) is 64.9 cm³/mol. The van der Waals surface area contributed by atoms with E-state index >= 15 is 0 Å². The van der Waals surface area contributed by atoms with Gasteiger partial charge in [-0.3, -0.25) is 0 Å². The predicted octanol–water partition coefficient (Wildman–Crippen LogP) is 2.37. The summed E-state index contributed by atoms with van der Waals surface area (Å²) in [6.07, 6.45) is 2.37. The van der Waals surface area contributed by atoms with Crippen LogP contribution < -0.4 is 0 Å². The Morgan fingerprint density at radius 2 is 2.00 bits per heavy atom. The molecule has 15 heavy (non-hydrogen) atoms. The topological polar surface area (TPSA) is 23.5 Å². The molecule has 1 rings (SSSR count). The number of aliphatic hydroxyl groups is 1. The molecule has 2 heteroatoms. The zero-order chi connectivity index (χ0) is 11.5. The Labute approximate surface area is 94.7 Å². The third-order valence-electron chi connectivity index (χ3n) is 4.26. The molecule has 1 N–H and O–H groups in total. The Bertz CT molecular complexity index is 189. The first-order valence-corrected chi connectivity index (χ1v) is 6.34. The van der Waals surface area contributed by atoms with Crippen molar-refractivity contribution in [1.29, 1.82) is 0 Å². The van der Waals surface area contributed by atoms with Gasteiger partial charge >= 0.3 is 0 Å². The van der Waals surface area contributed by atoms with Gasteiger partial charge in [0.2, 0.25) is 0 Å². The van der Waals surface area contributed by atoms with E-state index in [9.17, 15) is 5.11 Å². The van der Waals surface area contributed by atoms with E-state index in [4.69, 9.17) is 0 Å². The molecule has 1 heterocycles. The van der Waals surface area contributed by atoms with E-state index in [0.29, 0.717) is 6.61 Å². The minimum atomic E-state index is 0.0975. The molecule has 0 aromatic heterocycles. The molecule has 2 nitrogen and oxygen atoms in total. The molecule has 90 valence electrons. The molecule has 1 fully saturated rings. The molecule has 0 amide bonds. The van der Waals surface area contributed by atoms with Crippen LogP contribution in [0.3, 0.4) is 0 Å². The fourth-order valence-corrected chi connectivity index (χ4v) is 2.31. The summed E-state index contributed by atoms with van der Waals surface area (Å²) in [5.41, 5.74) is 0.0975. The van der Waals surface area contributed by atoms with Crippen LogP contribution in [0.4, 0.5) is 0 Å². The Balaban J connectivity index is 2.45. The number of hydrogen-bond donors (Lipinski definition) is 1. The van der Waals surface area contributed by atoms with Crippen LogP contribution in [0.15, 0.2) is 0 Å². The third kappa shape index (κ3) is 3.46. The van der Waals surface area contributed by atoms with Gasteiger partial charge in [-0.1, -0.05) is 27.7 Å². The number of nitrogens with zero attached hydrogens (tertiary/aromatic N) is 1. The zero-order valence-corrected chi connectivity index (χ0v) is 10.8. The van der Waals surface area contributed by atoms with Gasteiger partial charge < -0.3 is 10.0 Å². The molecule has 1 saturated heterocycles. The lowest BCUT2D eigenvalue weighted by molar-refractivity contribution is 0.0514. The normalized spacial score (nSPS) is 32.6. The minimum Gasteiger partial charge on any atom is -0.396 e. The molecule has 1 aliphatic rings. The third-order valence-corrected chi connectivity index (χ3v) is 4.26. The number of rotatable bonds is 4. The second-order valence-corrected chi connectivity index (χ2v) is 5.80. The average Bonchev–Trinajstić information content (AvgIpc) is 2.23. The minimum absolute atomic E-state index is 0.0975. The maximum atomic E-state index is 9.41. The van der Waals surface area contributed by atoms with Gasteiger partial charge in [-0.15, -0.1) is 0 Å². The van der Waals surface area contributed by atoms with Crippen LogP contribution in [-0.2, 0) is 0 Å². The highest BCUT2D eigenvalue weighted by atomic mass is 16.3. The van der Waals surface area contributed by atoms with Crippen molar-refractivity contribution >= 4 is 0 Å². The SMILES string of the molecule is CCC(C)(CO)CN1CCC(C)C(C)C1. The van der Waals surface area contributed by atoms with Gasteiger partial charge in [0.1, 0.15) is 0 Å². The van der Waals surface area contributed by atoms with E-state index in [-0.39, 0.29) is 5.41 Å². The molecule has 0 bridgehead atoms. The van der Waals surface area contributed by atoms with Gasteiger partial charge in [-0.25, -0.2) is 0 Å². The summed E-state index contributed by atoms with van der Waals surface area (Å²) < 4.78 is 0. The van der Waals surface area contributed by atoms with Crippen LogP contribution in [0.2, 0.25) is 0 Å². The Kier molecular flexibility index (Phi) is 4.60. The highest BCUT2D eigenvalue weighted by Crippen LogP contribution is 2.27. The molecule has 0 radical (unpaired) electrons. The molecule has 3 atom stereocenters. The highest BCUT2D eigenvalue weighted by molar-refractivity contribution is 4.81. The van der Waals surface area contributed by atoms with E-state index in [0.717, 1.165) is 24.8 Å². The fourth-order valence-electron chi connectivity index (χ4n) is 2.31. The first kappa shape index (κ1) is 13.0. The van der Waals surface area contributed by atoms with Crippen molar-refractivity contribution in [2.45, 2.75) is 40.5 Å². The Morgan fingerprint density at radius 3 is 2.47 bits per heavy atom. The fraction of sp³-hybridized carbons (Fsp3) is 1.00. The second-order valence-electron chi connectivity index (χ2n) is 5.80. The van der Waals surface area contributed by atoms with Crippen LogP contribution in [0.5, 0.6) is 0 Å². The lowest BCUT2D eigenvalue weighted by atomic mass is 9.84. The Morgan fingerprint density at radius 1 is 1.33 bits per heavy atom. The largest absolute Gasteiger partial charge is 0.396 e. The van der Waals surface area contributed by atoms with Crippen LogP contribution in [-0.4, -0.2) is 36.2 Å². The first-order valence-electron chi connectivity index (χ1n) is 6.34. The summed E-state index contributed by atoms with van der Waals surface area (Å²) in [4.78, 5) is 2.53. The van der Waals surface area contributed by atoms with Crippen molar-refractivity contribution in [2.24, 2.45) is 17.3 Å². The second kappa shape index (κ2) is 5.31. The molecule has 0 saturated carbocycles. The van der Waals surface area contributed by atoms with Crippen LogP contribution in [0.25, 0.3) is 0 Å². The van der Waals surface area contributed by atoms with Gasteiger partial charge in [0.05, 0.1) is 0 Å². The van der Waals surface area contributed by atoms with Gasteiger partial charge in [-0.05, 0) is 31.2 Å². The van der Waals surface area contributed by atoms with Crippen molar-refractivity contribution in [1.82, 2.24) is 4.90 Å². The van der Waals surface area contributed by atoms with Crippen LogP contribution in [0, 0.1) is 17.3 Å². The van der Waals surface area contributed by atoms with Gasteiger partial charge in [0, 0.05) is 25.1 Å². The summed E-state index contributed by atoms with van der Waals surface area (Å²) in [6, 6.07) is 0. The maximum Gasteiger partial charge on any atom is 0.0496 e. The molecule has 1 aliphatic heterocycles. The summed E-state index contributed by atoms with van der Waals surface area (Å²) in [7, 11) is 0. The van der Waals surface area contributed by atoms with E-state index < -0.39 is 0 Å². The molecule has 0 aromatic rings. The van der Waals surface area contributed by atoms with Gasteiger partial charge in [-0.2, -0.15) is 0 Å². The maximum absolute atomic E-state index is 9.41. The molecule has 0 aliphatic carbocycles.